The number of imide groups is 1. The number of hydrogen-bond acceptors (Lipinski definition) is 6. The number of halogens is 1. The first-order valence-corrected chi connectivity index (χ1v) is 14.6. The highest BCUT2D eigenvalue weighted by Gasteiger charge is 2.56. The van der Waals surface area contributed by atoms with Crippen LogP contribution in [0.2, 0.25) is 0 Å². The van der Waals surface area contributed by atoms with Crippen molar-refractivity contribution in [3.8, 4) is 5.75 Å². The Hall–Kier alpha value is -3.14. The number of aryl methyl sites for hydroxylation is 2. The largest absolute Gasteiger partial charge is 0.489 e. The zero-order valence-electron chi connectivity index (χ0n) is 20.6. The van der Waals surface area contributed by atoms with Gasteiger partial charge < -0.3 is 9.72 Å². The summed E-state index contributed by atoms with van der Waals surface area (Å²) >= 11 is 5.94. The summed E-state index contributed by atoms with van der Waals surface area (Å²) in [4.78, 5) is 44.9. The quantitative estimate of drug-likeness (QED) is 0.274. The van der Waals surface area contributed by atoms with Crippen LogP contribution in [-0.4, -0.2) is 22.0 Å². The fourth-order valence-electron chi connectivity index (χ4n) is 5.16. The van der Waals surface area contributed by atoms with E-state index in [1.807, 2.05) is 62.4 Å². The lowest BCUT2D eigenvalue weighted by Crippen LogP contribution is -2.32. The number of amides is 2. The van der Waals surface area contributed by atoms with Crippen LogP contribution < -0.4 is 14.5 Å². The van der Waals surface area contributed by atoms with Gasteiger partial charge in [-0.15, -0.1) is 0 Å². The Morgan fingerprint density at radius 2 is 1.74 bits per heavy atom. The van der Waals surface area contributed by atoms with Gasteiger partial charge in [-0.3, -0.25) is 14.4 Å². The number of H-pyrrole nitrogens is 1. The van der Waals surface area contributed by atoms with E-state index in [0.29, 0.717) is 23.1 Å². The summed E-state index contributed by atoms with van der Waals surface area (Å²) in [6.45, 7) is 4.35. The number of carbonyl (C=O) groups is 2. The van der Waals surface area contributed by atoms with E-state index >= 15 is 0 Å². The fourth-order valence-corrected chi connectivity index (χ4v) is 8.04. The van der Waals surface area contributed by atoms with Gasteiger partial charge >= 0.3 is 4.87 Å². The molecule has 38 heavy (non-hydrogen) atoms. The molecule has 1 N–H and O–H groups in total. The molecule has 1 saturated heterocycles. The number of nitrogens with one attached hydrogen (secondary N) is 1. The van der Waals surface area contributed by atoms with Crippen molar-refractivity contribution >= 4 is 56.5 Å². The SMILES string of the molecule is Cc1ccc(N2C(=O)C3Sc4[nH]c(=O)sc4C(c4cc(Br)ccc4OCc4cccc(C)c4)C3C2=O)cc1. The fraction of sp³-hybridized carbons (Fsp3) is 0.207. The maximum atomic E-state index is 14.0. The summed E-state index contributed by atoms with van der Waals surface area (Å²) in [6, 6.07) is 21.2. The van der Waals surface area contributed by atoms with E-state index in [1.165, 1.54) is 16.7 Å². The third-order valence-electron chi connectivity index (χ3n) is 6.90. The first-order valence-electron chi connectivity index (χ1n) is 12.1. The van der Waals surface area contributed by atoms with Crippen molar-refractivity contribution in [2.75, 3.05) is 4.90 Å². The predicted octanol–water partition coefficient (Wildman–Crippen LogP) is 6.19. The average Bonchev–Trinajstić information content (AvgIpc) is 3.38. The number of carbonyl (C=O) groups excluding carboxylic acids is 2. The van der Waals surface area contributed by atoms with Gasteiger partial charge in [0.1, 0.15) is 17.6 Å². The van der Waals surface area contributed by atoms with Gasteiger partial charge in [-0.05, 0) is 49.7 Å². The molecule has 0 saturated carbocycles. The number of hydrogen-bond donors (Lipinski definition) is 1. The Morgan fingerprint density at radius 1 is 0.947 bits per heavy atom. The van der Waals surface area contributed by atoms with Crippen molar-refractivity contribution in [3.63, 3.8) is 0 Å². The van der Waals surface area contributed by atoms with Crippen LogP contribution in [-0.2, 0) is 16.2 Å². The Balaban J connectivity index is 1.45. The Morgan fingerprint density at radius 3 is 2.50 bits per heavy atom. The molecule has 3 unspecified atom stereocenters. The van der Waals surface area contributed by atoms with Gasteiger partial charge in [0.2, 0.25) is 11.8 Å². The number of thioether (sulfide) groups is 1. The zero-order chi connectivity index (χ0) is 26.6. The van der Waals surface area contributed by atoms with Crippen molar-refractivity contribution in [1.29, 1.82) is 0 Å². The lowest BCUT2D eigenvalue weighted by atomic mass is 9.82. The van der Waals surface area contributed by atoms with Crippen LogP contribution in [0.3, 0.4) is 0 Å². The van der Waals surface area contributed by atoms with E-state index < -0.39 is 17.1 Å². The summed E-state index contributed by atoms with van der Waals surface area (Å²) < 4.78 is 7.14. The van der Waals surface area contributed by atoms with Gasteiger partial charge in [0, 0.05) is 20.8 Å². The van der Waals surface area contributed by atoms with Crippen molar-refractivity contribution in [1.82, 2.24) is 4.98 Å². The molecule has 3 atom stereocenters. The van der Waals surface area contributed by atoms with Crippen molar-refractivity contribution in [2.45, 2.75) is 36.6 Å². The second kappa shape index (κ2) is 9.87. The molecule has 6 nitrogen and oxygen atoms in total. The summed E-state index contributed by atoms with van der Waals surface area (Å²) in [5.41, 5.74) is 4.54. The molecule has 192 valence electrons. The number of anilines is 1. The summed E-state index contributed by atoms with van der Waals surface area (Å²) in [5, 5.41) is -0.0158. The lowest BCUT2D eigenvalue weighted by Gasteiger charge is -2.31. The monoisotopic (exact) mass is 606 g/mol. The Kier molecular flexibility index (Phi) is 6.53. The smallest absolute Gasteiger partial charge is 0.305 e. The Bertz CT molecular complexity index is 1630. The van der Waals surface area contributed by atoms with Crippen molar-refractivity contribution in [2.24, 2.45) is 5.92 Å². The maximum absolute atomic E-state index is 14.0. The van der Waals surface area contributed by atoms with Gasteiger partial charge in [-0.25, -0.2) is 4.90 Å². The minimum absolute atomic E-state index is 0.208. The first kappa shape index (κ1) is 25.2. The average molecular weight is 608 g/mol. The van der Waals surface area contributed by atoms with E-state index in [-0.39, 0.29) is 16.7 Å². The van der Waals surface area contributed by atoms with Crippen LogP contribution >= 0.6 is 39.0 Å². The van der Waals surface area contributed by atoms with E-state index in [1.54, 1.807) is 12.1 Å². The molecular weight excluding hydrogens is 584 g/mol. The molecule has 2 aliphatic heterocycles. The second-order valence-corrected chi connectivity index (χ2v) is 12.6. The second-order valence-electron chi connectivity index (χ2n) is 9.56. The molecule has 4 aromatic rings. The molecule has 0 aliphatic carbocycles. The van der Waals surface area contributed by atoms with Gasteiger partial charge in [-0.1, -0.05) is 86.6 Å². The normalized spacial score (nSPS) is 20.4. The highest BCUT2D eigenvalue weighted by molar-refractivity contribution is 9.10. The number of benzene rings is 3. The maximum Gasteiger partial charge on any atom is 0.305 e. The van der Waals surface area contributed by atoms with Crippen LogP contribution in [0.1, 0.15) is 33.0 Å². The van der Waals surface area contributed by atoms with Gasteiger partial charge in [0.15, 0.2) is 0 Å². The number of aromatic nitrogens is 1. The molecule has 2 amide bonds. The third-order valence-corrected chi connectivity index (χ3v) is 9.79. The van der Waals surface area contributed by atoms with Crippen LogP contribution in [0.4, 0.5) is 5.69 Å². The highest BCUT2D eigenvalue weighted by Crippen LogP contribution is 2.54. The molecule has 2 aliphatic rings. The number of aromatic amines is 1. The van der Waals surface area contributed by atoms with Crippen LogP contribution in [0, 0.1) is 19.8 Å². The molecule has 3 heterocycles. The molecule has 3 aromatic carbocycles. The van der Waals surface area contributed by atoms with E-state index in [2.05, 4.69) is 27.0 Å². The minimum atomic E-state index is -0.677. The summed E-state index contributed by atoms with van der Waals surface area (Å²) in [6.07, 6.45) is 0. The highest BCUT2D eigenvalue weighted by atomic mass is 79.9. The number of ether oxygens (including phenoxy) is 1. The van der Waals surface area contributed by atoms with E-state index in [4.69, 9.17) is 4.74 Å². The Labute approximate surface area is 236 Å². The molecule has 6 rings (SSSR count). The molecule has 1 aromatic heterocycles. The van der Waals surface area contributed by atoms with Crippen molar-refractivity contribution in [3.05, 3.63) is 108 Å². The molecular formula is C29H23BrN2O4S2. The van der Waals surface area contributed by atoms with E-state index in [9.17, 15) is 14.4 Å². The van der Waals surface area contributed by atoms with Crippen LogP contribution in [0.5, 0.6) is 5.75 Å². The first-order chi connectivity index (χ1) is 18.3. The third kappa shape index (κ3) is 4.42. The standard InChI is InChI=1S/C29H23BrN2O4S2/c1-15-6-9-19(10-7-15)32-27(33)23-22(24-26(31-29(35)38-24)37-25(23)28(32)34)20-13-18(30)8-11-21(20)36-14-17-5-3-4-16(2)12-17/h3-13,22-23,25H,14H2,1-2H3,(H,31,35). The summed E-state index contributed by atoms with van der Waals surface area (Å²) in [5.74, 6) is -1.11. The van der Waals surface area contributed by atoms with Crippen molar-refractivity contribution < 1.29 is 14.3 Å². The summed E-state index contributed by atoms with van der Waals surface area (Å²) in [7, 11) is 0. The molecule has 1 fully saturated rings. The van der Waals surface area contributed by atoms with Gasteiger partial charge in [0.25, 0.3) is 0 Å². The molecule has 0 bridgehead atoms. The number of thiazole rings is 1. The number of nitrogens with zero attached hydrogens (tertiary/aromatic N) is 1. The molecule has 0 radical (unpaired) electrons. The number of fused-ring (bicyclic) bond motifs is 2. The molecule has 9 heteroatoms. The lowest BCUT2D eigenvalue weighted by molar-refractivity contribution is -0.122. The van der Waals surface area contributed by atoms with Gasteiger partial charge in [0.05, 0.1) is 16.6 Å². The topological polar surface area (TPSA) is 79.5 Å². The van der Waals surface area contributed by atoms with Gasteiger partial charge in [-0.2, -0.15) is 0 Å². The van der Waals surface area contributed by atoms with E-state index in [0.717, 1.165) is 42.9 Å². The minimum Gasteiger partial charge on any atom is -0.489 e. The van der Waals surface area contributed by atoms with Crippen LogP contribution in [0.15, 0.2) is 81.0 Å². The predicted molar refractivity (Wildman–Crippen MR) is 153 cm³/mol. The van der Waals surface area contributed by atoms with Crippen LogP contribution in [0.25, 0.3) is 0 Å². The molecule has 0 spiro atoms. The zero-order valence-corrected chi connectivity index (χ0v) is 23.8. The number of rotatable bonds is 5.